The van der Waals surface area contributed by atoms with E-state index in [1.807, 2.05) is 6.07 Å². The number of methoxy groups -OCH3 is 2. The molecule has 3 rings (SSSR count). The summed E-state index contributed by atoms with van der Waals surface area (Å²) < 4.78 is 38.6. The highest BCUT2D eigenvalue weighted by atomic mass is 32.2. The van der Waals surface area contributed by atoms with Crippen LogP contribution in [0.4, 0.5) is 5.69 Å². The van der Waals surface area contributed by atoms with Gasteiger partial charge in [0.25, 0.3) is 0 Å². The van der Waals surface area contributed by atoms with E-state index in [1.54, 1.807) is 48.5 Å². The van der Waals surface area contributed by atoms with Gasteiger partial charge in [-0.15, -0.1) is 0 Å². The molecule has 0 bridgehead atoms. The Bertz CT molecular complexity index is 1280. The molecule has 0 heterocycles. The van der Waals surface area contributed by atoms with E-state index in [-0.39, 0.29) is 23.0 Å². The lowest BCUT2D eigenvalue weighted by Crippen LogP contribution is -2.37. The molecule has 8 nitrogen and oxygen atoms in total. The summed E-state index contributed by atoms with van der Waals surface area (Å²) in [6.07, 6.45) is 0. The van der Waals surface area contributed by atoms with E-state index in [0.717, 1.165) is 9.87 Å². The number of nitrogens with zero attached hydrogens (tertiary/aromatic N) is 1. The van der Waals surface area contributed by atoms with Crippen molar-refractivity contribution in [3.63, 3.8) is 0 Å². The van der Waals surface area contributed by atoms with Crippen molar-refractivity contribution >= 4 is 27.4 Å². The molecule has 178 valence electrons. The van der Waals surface area contributed by atoms with Crippen molar-refractivity contribution in [3.05, 3.63) is 83.9 Å². The Morgan fingerprint density at radius 3 is 2.24 bits per heavy atom. The minimum Gasteiger partial charge on any atom is -0.493 e. The Labute approximate surface area is 199 Å². The van der Waals surface area contributed by atoms with Gasteiger partial charge < -0.3 is 14.8 Å². The third kappa shape index (κ3) is 6.00. The number of Topliss-reactive ketones (excluding diaryl/α,β-unsaturated/α-hetero) is 1. The highest BCUT2D eigenvalue weighted by Crippen LogP contribution is 2.31. The standard InChI is InChI=1S/C25H26N2O6S/c1-18(28)20-10-7-11-21(14-20)26-25(29)17-27(16-19-8-5-4-6-9-19)34(30,31)22-12-13-23(32-2)24(15-22)33-3/h4-15H,16-17H2,1-3H3,(H,26,29). The fourth-order valence-electron chi connectivity index (χ4n) is 3.32. The molecule has 0 aliphatic heterocycles. The van der Waals surface area contributed by atoms with Crippen LogP contribution >= 0.6 is 0 Å². The predicted molar refractivity (Wildman–Crippen MR) is 129 cm³/mol. The predicted octanol–water partition coefficient (Wildman–Crippen LogP) is 3.74. The Morgan fingerprint density at radius 1 is 0.882 bits per heavy atom. The number of hydrogen-bond donors (Lipinski definition) is 1. The van der Waals surface area contributed by atoms with Crippen molar-refractivity contribution in [3.8, 4) is 11.5 Å². The average molecular weight is 483 g/mol. The van der Waals surface area contributed by atoms with Crippen LogP contribution in [0, 0.1) is 0 Å². The van der Waals surface area contributed by atoms with Gasteiger partial charge in [-0.05, 0) is 36.8 Å². The van der Waals surface area contributed by atoms with E-state index >= 15 is 0 Å². The van der Waals surface area contributed by atoms with Gasteiger partial charge >= 0.3 is 0 Å². The van der Waals surface area contributed by atoms with Crippen LogP contribution in [0.3, 0.4) is 0 Å². The second-order valence-electron chi connectivity index (χ2n) is 7.46. The number of anilines is 1. The number of carbonyl (C=O) groups excluding carboxylic acids is 2. The molecule has 1 amide bonds. The number of nitrogens with one attached hydrogen (secondary N) is 1. The second kappa shape index (κ2) is 11.0. The molecule has 0 radical (unpaired) electrons. The van der Waals surface area contributed by atoms with E-state index in [9.17, 15) is 18.0 Å². The van der Waals surface area contributed by atoms with Gasteiger partial charge in [-0.25, -0.2) is 8.42 Å². The average Bonchev–Trinajstić information content (AvgIpc) is 2.83. The normalized spacial score (nSPS) is 11.2. The van der Waals surface area contributed by atoms with Crippen molar-refractivity contribution in [1.29, 1.82) is 0 Å². The molecule has 0 aliphatic carbocycles. The van der Waals surface area contributed by atoms with Gasteiger partial charge in [0.2, 0.25) is 15.9 Å². The van der Waals surface area contributed by atoms with Gasteiger partial charge in [-0.3, -0.25) is 9.59 Å². The maximum absolute atomic E-state index is 13.5. The number of sulfonamides is 1. The number of carbonyl (C=O) groups is 2. The van der Waals surface area contributed by atoms with E-state index in [2.05, 4.69) is 5.32 Å². The van der Waals surface area contributed by atoms with Crippen molar-refractivity contribution in [1.82, 2.24) is 4.31 Å². The monoisotopic (exact) mass is 482 g/mol. The van der Waals surface area contributed by atoms with Crippen LogP contribution in [0.2, 0.25) is 0 Å². The molecule has 0 saturated carbocycles. The van der Waals surface area contributed by atoms with E-state index < -0.39 is 22.5 Å². The molecule has 0 spiro atoms. The summed E-state index contributed by atoms with van der Waals surface area (Å²) in [7, 11) is -1.21. The quantitative estimate of drug-likeness (QED) is 0.442. The van der Waals surface area contributed by atoms with Gasteiger partial charge in [0, 0.05) is 23.9 Å². The zero-order valence-corrected chi connectivity index (χ0v) is 20.0. The topological polar surface area (TPSA) is 102 Å². The molecule has 0 aromatic heterocycles. The molecule has 3 aromatic rings. The largest absolute Gasteiger partial charge is 0.493 e. The zero-order chi connectivity index (χ0) is 24.7. The molecule has 0 saturated heterocycles. The lowest BCUT2D eigenvalue weighted by atomic mass is 10.1. The summed E-state index contributed by atoms with van der Waals surface area (Å²) in [5.74, 6) is -0.0357. The summed E-state index contributed by atoms with van der Waals surface area (Å²) in [5, 5.41) is 2.68. The van der Waals surface area contributed by atoms with Gasteiger partial charge in [0.15, 0.2) is 17.3 Å². The number of ether oxygens (including phenoxy) is 2. The molecular weight excluding hydrogens is 456 g/mol. The SMILES string of the molecule is COc1ccc(S(=O)(=O)N(CC(=O)Nc2cccc(C(C)=O)c2)Cc2ccccc2)cc1OC. The zero-order valence-electron chi connectivity index (χ0n) is 19.1. The van der Waals surface area contributed by atoms with Crippen LogP contribution in [-0.4, -0.2) is 45.2 Å². The third-order valence-electron chi connectivity index (χ3n) is 5.07. The van der Waals surface area contributed by atoms with Gasteiger partial charge in [-0.2, -0.15) is 4.31 Å². The number of ketones is 1. The Morgan fingerprint density at radius 2 is 1.59 bits per heavy atom. The molecular formula is C25H26N2O6S. The maximum atomic E-state index is 13.5. The van der Waals surface area contributed by atoms with E-state index in [0.29, 0.717) is 17.0 Å². The van der Waals surface area contributed by atoms with E-state index in [1.165, 1.54) is 39.3 Å². The lowest BCUT2D eigenvalue weighted by molar-refractivity contribution is -0.116. The Kier molecular flexibility index (Phi) is 8.04. The van der Waals surface area contributed by atoms with Gasteiger partial charge in [0.1, 0.15) is 0 Å². The van der Waals surface area contributed by atoms with Crippen molar-refractivity contribution < 1.29 is 27.5 Å². The first-order chi connectivity index (χ1) is 16.2. The summed E-state index contributed by atoms with van der Waals surface area (Å²) >= 11 is 0. The number of amides is 1. The van der Waals surface area contributed by atoms with Gasteiger partial charge in [-0.1, -0.05) is 42.5 Å². The van der Waals surface area contributed by atoms with Crippen molar-refractivity contribution in [2.75, 3.05) is 26.1 Å². The molecule has 3 aromatic carbocycles. The lowest BCUT2D eigenvalue weighted by Gasteiger charge is -2.22. The van der Waals surface area contributed by atoms with E-state index in [4.69, 9.17) is 9.47 Å². The van der Waals surface area contributed by atoms with Crippen LogP contribution in [0.15, 0.2) is 77.7 Å². The maximum Gasteiger partial charge on any atom is 0.243 e. The summed E-state index contributed by atoms with van der Waals surface area (Å²) in [4.78, 5) is 24.4. The number of benzene rings is 3. The first-order valence-electron chi connectivity index (χ1n) is 10.4. The number of hydrogen-bond acceptors (Lipinski definition) is 6. The molecule has 1 N–H and O–H groups in total. The molecule has 9 heteroatoms. The summed E-state index contributed by atoms with van der Waals surface area (Å²) in [6, 6.07) is 19.7. The summed E-state index contributed by atoms with van der Waals surface area (Å²) in [5.41, 5.74) is 1.57. The van der Waals surface area contributed by atoms with Crippen molar-refractivity contribution in [2.24, 2.45) is 0 Å². The van der Waals surface area contributed by atoms with Crippen LogP contribution < -0.4 is 14.8 Å². The number of rotatable bonds is 10. The molecule has 0 unspecified atom stereocenters. The molecule has 0 atom stereocenters. The van der Waals surface area contributed by atoms with Crippen LogP contribution in [0.25, 0.3) is 0 Å². The minimum absolute atomic E-state index is 0.0155. The molecule has 0 aliphatic rings. The minimum atomic E-state index is -4.08. The fourth-order valence-corrected chi connectivity index (χ4v) is 4.72. The van der Waals surface area contributed by atoms with Gasteiger partial charge in [0.05, 0.1) is 25.7 Å². The molecule has 0 fully saturated rings. The third-order valence-corrected chi connectivity index (χ3v) is 6.86. The Hall–Kier alpha value is -3.69. The highest BCUT2D eigenvalue weighted by Gasteiger charge is 2.28. The fraction of sp³-hybridized carbons (Fsp3) is 0.200. The first kappa shape index (κ1) is 24.9. The highest BCUT2D eigenvalue weighted by molar-refractivity contribution is 7.89. The van der Waals surface area contributed by atoms with Crippen LogP contribution in [0.5, 0.6) is 11.5 Å². The van der Waals surface area contributed by atoms with Crippen molar-refractivity contribution in [2.45, 2.75) is 18.4 Å². The first-order valence-corrected chi connectivity index (χ1v) is 11.9. The van der Waals surface area contributed by atoms with Crippen LogP contribution in [0.1, 0.15) is 22.8 Å². The summed E-state index contributed by atoms with van der Waals surface area (Å²) in [6.45, 7) is 0.979. The molecule has 34 heavy (non-hydrogen) atoms. The smallest absolute Gasteiger partial charge is 0.243 e. The second-order valence-corrected chi connectivity index (χ2v) is 9.40. The van der Waals surface area contributed by atoms with Crippen LogP contribution in [-0.2, 0) is 21.4 Å². The Balaban J connectivity index is 1.91.